The number of nitrogens with zero attached hydrogens (tertiary/aromatic N) is 1. The van der Waals surface area contributed by atoms with Gasteiger partial charge >= 0.3 is 5.97 Å². The molecule has 1 heterocycles. The summed E-state index contributed by atoms with van der Waals surface area (Å²) in [4.78, 5) is 24.0. The molecule has 2 atom stereocenters. The van der Waals surface area contributed by atoms with Gasteiger partial charge in [-0.05, 0) is 32.9 Å². The number of rotatable bonds is 4. The van der Waals surface area contributed by atoms with Crippen molar-refractivity contribution in [1.82, 2.24) is 10.2 Å². The summed E-state index contributed by atoms with van der Waals surface area (Å²) in [5, 5.41) is 11.3. The summed E-state index contributed by atoms with van der Waals surface area (Å²) < 4.78 is 0. The molecule has 0 radical (unpaired) electrons. The van der Waals surface area contributed by atoms with Gasteiger partial charge in [0.15, 0.2) is 0 Å². The van der Waals surface area contributed by atoms with E-state index in [1.807, 2.05) is 7.05 Å². The first-order chi connectivity index (χ1) is 7.00. The van der Waals surface area contributed by atoms with Crippen LogP contribution in [-0.2, 0) is 9.59 Å². The van der Waals surface area contributed by atoms with Gasteiger partial charge in [0, 0.05) is 13.1 Å². The molecule has 0 saturated carbocycles. The van der Waals surface area contributed by atoms with Crippen LogP contribution in [0.4, 0.5) is 0 Å². The Morgan fingerprint density at radius 3 is 2.73 bits per heavy atom. The van der Waals surface area contributed by atoms with Gasteiger partial charge in [-0.15, -0.1) is 0 Å². The number of hydrogen-bond donors (Lipinski definition) is 2. The molecule has 86 valence electrons. The van der Waals surface area contributed by atoms with E-state index in [4.69, 9.17) is 5.11 Å². The molecule has 15 heavy (non-hydrogen) atoms. The molecule has 1 aliphatic rings. The van der Waals surface area contributed by atoms with Gasteiger partial charge in [-0.25, -0.2) is 0 Å². The molecule has 2 unspecified atom stereocenters. The summed E-state index contributed by atoms with van der Waals surface area (Å²) in [7, 11) is 2.04. The molecule has 1 aliphatic heterocycles. The fraction of sp³-hybridized carbons (Fsp3) is 0.800. The van der Waals surface area contributed by atoms with Crippen LogP contribution in [-0.4, -0.2) is 48.6 Å². The van der Waals surface area contributed by atoms with Crippen LogP contribution >= 0.6 is 0 Å². The zero-order valence-corrected chi connectivity index (χ0v) is 9.19. The standard InChI is InChI=1S/C10H18N2O3/c1-7(10(14)15)9(13)11-5-8-3-4-12(2)6-8/h7-8H,3-6H2,1-2H3,(H,11,13)(H,14,15). The average molecular weight is 214 g/mol. The van der Waals surface area contributed by atoms with Crippen molar-refractivity contribution in [3.63, 3.8) is 0 Å². The molecule has 1 fully saturated rings. The number of likely N-dealkylation sites (tertiary alicyclic amines) is 1. The van der Waals surface area contributed by atoms with Gasteiger partial charge in [-0.1, -0.05) is 0 Å². The molecule has 5 heteroatoms. The van der Waals surface area contributed by atoms with Crippen LogP contribution in [0.2, 0.25) is 0 Å². The van der Waals surface area contributed by atoms with E-state index in [-0.39, 0.29) is 0 Å². The summed E-state index contributed by atoms with van der Waals surface area (Å²) >= 11 is 0. The van der Waals surface area contributed by atoms with Crippen molar-refractivity contribution in [2.75, 3.05) is 26.7 Å². The number of carboxylic acids is 1. The molecule has 0 aliphatic carbocycles. The lowest BCUT2D eigenvalue weighted by molar-refractivity contribution is -0.146. The lowest BCUT2D eigenvalue weighted by atomic mass is 10.1. The molecule has 2 N–H and O–H groups in total. The third-order valence-electron chi connectivity index (χ3n) is 2.82. The molecule has 0 spiro atoms. The fourth-order valence-corrected chi connectivity index (χ4v) is 1.70. The Hall–Kier alpha value is -1.10. The topological polar surface area (TPSA) is 69.6 Å². The molecule has 0 bridgehead atoms. The van der Waals surface area contributed by atoms with E-state index < -0.39 is 17.8 Å². The van der Waals surface area contributed by atoms with Crippen molar-refractivity contribution in [2.45, 2.75) is 13.3 Å². The van der Waals surface area contributed by atoms with Crippen molar-refractivity contribution in [3.8, 4) is 0 Å². The molecule has 1 amide bonds. The SMILES string of the molecule is CC(C(=O)O)C(=O)NCC1CCN(C)C1. The molecule has 1 saturated heterocycles. The first kappa shape index (κ1) is 12.0. The van der Waals surface area contributed by atoms with E-state index in [0.717, 1.165) is 19.5 Å². The summed E-state index contributed by atoms with van der Waals surface area (Å²) in [5.74, 6) is -1.96. The van der Waals surface area contributed by atoms with Crippen LogP contribution in [0.1, 0.15) is 13.3 Å². The summed E-state index contributed by atoms with van der Waals surface area (Å²) in [6, 6.07) is 0. The van der Waals surface area contributed by atoms with Crippen molar-refractivity contribution < 1.29 is 14.7 Å². The van der Waals surface area contributed by atoms with Gasteiger partial charge in [-0.3, -0.25) is 9.59 Å². The molecule has 0 aromatic heterocycles. The number of aliphatic carboxylic acids is 1. The largest absolute Gasteiger partial charge is 0.481 e. The number of hydrogen-bond acceptors (Lipinski definition) is 3. The highest BCUT2D eigenvalue weighted by atomic mass is 16.4. The van der Waals surface area contributed by atoms with Crippen molar-refractivity contribution in [2.24, 2.45) is 11.8 Å². The fourth-order valence-electron chi connectivity index (χ4n) is 1.70. The molecular weight excluding hydrogens is 196 g/mol. The molecule has 0 aromatic rings. The maximum atomic E-state index is 11.3. The van der Waals surface area contributed by atoms with Crippen molar-refractivity contribution >= 4 is 11.9 Å². The lowest BCUT2D eigenvalue weighted by Gasteiger charge is -2.13. The highest BCUT2D eigenvalue weighted by molar-refractivity contribution is 5.96. The third-order valence-corrected chi connectivity index (χ3v) is 2.82. The van der Waals surface area contributed by atoms with E-state index in [1.54, 1.807) is 0 Å². The van der Waals surface area contributed by atoms with Gasteiger partial charge in [0.25, 0.3) is 0 Å². The normalized spacial score (nSPS) is 23.7. The van der Waals surface area contributed by atoms with E-state index in [9.17, 15) is 9.59 Å². The van der Waals surface area contributed by atoms with Gasteiger partial charge in [-0.2, -0.15) is 0 Å². The minimum Gasteiger partial charge on any atom is -0.481 e. The van der Waals surface area contributed by atoms with Crippen molar-refractivity contribution in [3.05, 3.63) is 0 Å². The monoisotopic (exact) mass is 214 g/mol. The Labute approximate surface area is 89.4 Å². The Bertz CT molecular complexity index is 255. The van der Waals surface area contributed by atoms with Crippen LogP contribution in [0.3, 0.4) is 0 Å². The Morgan fingerprint density at radius 2 is 2.27 bits per heavy atom. The third kappa shape index (κ3) is 3.51. The Morgan fingerprint density at radius 1 is 1.60 bits per heavy atom. The van der Waals surface area contributed by atoms with E-state index in [2.05, 4.69) is 10.2 Å². The van der Waals surface area contributed by atoms with Gasteiger partial charge in [0.2, 0.25) is 5.91 Å². The lowest BCUT2D eigenvalue weighted by Crippen LogP contribution is -2.37. The minimum absolute atomic E-state index is 0.392. The number of amides is 1. The maximum absolute atomic E-state index is 11.3. The predicted octanol–water partition coefficient (Wildman–Crippen LogP) is -0.225. The quantitative estimate of drug-likeness (QED) is 0.634. The second kappa shape index (κ2) is 5.11. The summed E-state index contributed by atoms with van der Waals surface area (Å²) in [6.45, 7) is 4.01. The molecular formula is C10H18N2O3. The van der Waals surface area contributed by atoms with Gasteiger partial charge in [0.1, 0.15) is 5.92 Å². The zero-order valence-electron chi connectivity index (χ0n) is 9.19. The number of carbonyl (C=O) groups excluding carboxylic acids is 1. The number of carboxylic acid groups (broad SMARTS) is 1. The molecule has 5 nitrogen and oxygen atoms in total. The first-order valence-corrected chi connectivity index (χ1v) is 5.19. The highest BCUT2D eigenvalue weighted by Crippen LogP contribution is 2.12. The molecule has 1 rings (SSSR count). The molecule has 0 aromatic carbocycles. The Balaban J connectivity index is 2.25. The van der Waals surface area contributed by atoms with Gasteiger partial charge < -0.3 is 15.3 Å². The van der Waals surface area contributed by atoms with Crippen LogP contribution in [0.5, 0.6) is 0 Å². The summed E-state index contributed by atoms with van der Waals surface area (Å²) in [5.41, 5.74) is 0. The summed E-state index contributed by atoms with van der Waals surface area (Å²) in [6.07, 6.45) is 1.07. The van der Waals surface area contributed by atoms with Crippen LogP contribution < -0.4 is 5.32 Å². The second-order valence-electron chi connectivity index (χ2n) is 4.22. The second-order valence-corrected chi connectivity index (χ2v) is 4.22. The van der Waals surface area contributed by atoms with E-state index in [1.165, 1.54) is 6.92 Å². The zero-order chi connectivity index (χ0) is 11.4. The van der Waals surface area contributed by atoms with Crippen molar-refractivity contribution in [1.29, 1.82) is 0 Å². The first-order valence-electron chi connectivity index (χ1n) is 5.19. The van der Waals surface area contributed by atoms with E-state index >= 15 is 0 Å². The van der Waals surface area contributed by atoms with Crippen LogP contribution in [0.15, 0.2) is 0 Å². The smallest absolute Gasteiger partial charge is 0.315 e. The predicted molar refractivity (Wildman–Crippen MR) is 55.4 cm³/mol. The number of carbonyl (C=O) groups is 2. The van der Waals surface area contributed by atoms with Gasteiger partial charge in [0.05, 0.1) is 0 Å². The minimum atomic E-state index is -1.07. The van der Waals surface area contributed by atoms with Crippen LogP contribution in [0, 0.1) is 11.8 Å². The van der Waals surface area contributed by atoms with Crippen LogP contribution in [0.25, 0.3) is 0 Å². The van der Waals surface area contributed by atoms with E-state index in [0.29, 0.717) is 12.5 Å². The maximum Gasteiger partial charge on any atom is 0.315 e. The highest BCUT2D eigenvalue weighted by Gasteiger charge is 2.23. The average Bonchev–Trinajstić information content (AvgIpc) is 2.59. The number of nitrogens with one attached hydrogen (secondary N) is 1. The Kier molecular flexibility index (Phi) is 4.08.